The van der Waals surface area contributed by atoms with Gasteiger partial charge in [-0.25, -0.2) is 4.79 Å². The van der Waals surface area contributed by atoms with Gasteiger partial charge in [0.15, 0.2) is 0 Å². The molecule has 5 rings (SSSR count). The number of benzene rings is 3. The van der Waals surface area contributed by atoms with E-state index in [1.807, 2.05) is 24.3 Å². The molecule has 1 saturated heterocycles. The summed E-state index contributed by atoms with van der Waals surface area (Å²) in [6.07, 6.45) is -1.82. The molecule has 1 aromatic heterocycles. The minimum atomic E-state index is -4.54. The third-order valence-corrected chi connectivity index (χ3v) is 7.65. The molecule has 41 heavy (non-hydrogen) atoms. The third-order valence-electron chi connectivity index (χ3n) is 6.99. The normalized spacial score (nSPS) is 14.0. The highest BCUT2D eigenvalue weighted by atomic mass is 79.9. The number of hydrogen-bond acceptors (Lipinski definition) is 6. The molecule has 0 aliphatic carbocycles. The van der Waals surface area contributed by atoms with Gasteiger partial charge in [-0.1, -0.05) is 34.1 Å². The molecule has 0 bridgehead atoms. The van der Waals surface area contributed by atoms with Gasteiger partial charge in [-0.05, 0) is 79.9 Å². The Balaban J connectivity index is 1.51. The second kappa shape index (κ2) is 12.1. The lowest BCUT2D eigenvalue weighted by atomic mass is 9.93. The van der Waals surface area contributed by atoms with E-state index in [4.69, 9.17) is 13.9 Å². The van der Waals surface area contributed by atoms with Gasteiger partial charge in [0.2, 0.25) is 0 Å². The predicted octanol–water partition coefficient (Wildman–Crippen LogP) is 7.23. The first-order chi connectivity index (χ1) is 19.6. The SMILES string of the molecule is CC(=O)Oc1ccc2c(Cc3ccc(OCCN4CCCC4)cc3)c(-c3ccc(C(F)(F)F)cc3Br)c(=O)oc2c1. The van der Waals surface area contributed by atoms with Crippen LogP contribution in [-0.2, 0) is 17.4 Å². The van der Waals surface area contributed by atoms with E-state index in [0.717, 1.165) is 43.1 Å². The monoisotopic (exact) mass is 629 g/mol. The number of alkyl halides is 3. The zero-order valence-corrected chi connectivity index (χ0v) is 23.8. The van der Waals surface area contributed by atoms with Crippen molar-refractivity contribution in [2.45, 2.75) is 32.4 Å². The smallest absolute Gasteiger partial charge is 0.416 e. The lowest BCUT2D eigenvalue weighted by Crippen LogP contribution is -2.25. The molecule has 1 aliphatic heterocycles. The van der Waals surface area contributed by atoms with Crippen LogP contribution in [0.1, 0.15) is 36.5 Å². The lowest BCUT2D eigenvalue weighted by molar-refractivity contribution is -0.137. The highest BCUT2D eigenvalue weighted by molar-refractivity contribution is 9.10. The van der Waals surface area contributed by atoms with Crippen LogP contribution >= 0.6 is 15.9 Å². The average molecular weight is 630 g/mol. The van der Waals surface area contributed by atoms with E-state index in [1.165, 1.54) is 31.9 Å². The van der Waals surface area contributed by atoms with Gasteiger partial charge in [0.25, 0.3) is 0 Å². The minimum Gasteiger partial charge on any atom is -0.492 e. The zero-order valence-electron chi connectivity index (χ0n) is 22.2. The van der Waals surface area contributed by atoms with Gasteiger partial charge in [-0.3, -0.25) is 9.69 Å². The molecule has 0 radical (unpaired) electrons. The van der Waals surface area contributed by atoms with Gasteiger partial charge in [0.1, 0.15) is 23.7 Å². The summed E-state index contributed by atoms with van der Waals surface area (Å²) in [4.78, 5) is 27.2. The maximum atomic E-state index is 13.4. The number of nitrogens with zero attached hydrogens (tertiary/aromatic N) is 1. The van der Waals surface area contributed by atoms with Crippen LogP contribution in [0.3, 0.4) is 0 Å². The van der Waals surface area contributed by atoms with Crippen LogP contribution in [0.25, 0.3) is 22.1 Å². The molecule has 0 atom stereocenters. The molecule has 6 nitrogen and oxygen atoms in total. The Bertz CT molecular complexity index is 1630. The molecule has 3 aromatic carbocycles. The fourth-order valence-corrected chi connectivity index (χ4v) is 5.61. The molecule has 214 valence electrons. The van der Waals surface area contributed by atoms with Crippen molar-refractivity contribution in [2.75, 3.05) is 26.2 Å². The standard InChI is InChI=1S/C31H27BrF3NO5/c1-19(37)40-23-9-11-24-26(16-20-4-7-22(8-5-20)39-15-14-36-12-2-3-13-36)29(30(38)41-28(24)18-23)25-10-6-21(17-27(25)32)31(33,34)35/h4-11,17-18H,2-3,12-16H2,1H3. The Labute approximate surface area is 242 Å². The fourth-order valence-electron chi connectivity index (χ4n) is 5.03. The minimum absolute atomic E-state index is 0.110. The van der Waals surface area contributed by atoms with Crippen LogP contribution in [0.5, 0.6) is 11.5 Å². The van der Waals surface area contributed by atoms with E-state index < -0.39 is 23.3 Å². The summed E-state index contributed by atoms with van der Waals surface area (Å²) < 4.78 is 56.7. The van der Waals surface area contributed by atoms with E-state index in [-0.39, 0.29) is 33.4 Å². The van der Waals surface area contributed by atoms with E-state index >= 15 is 0 Å². The highest BCUT2D eigenvalue weighted by Gasteiger charge is 2.31. The molecule has 1 fully saturated rings. The number of esters is 1. The van der Waals surface area contributed by atoms with E-state index in [9.17, 15) is 22.8 Å². The van der Waals surface area contributed by atoms with Crippen molar-refractivity contribution in [2.24, 2.45) is 0 Å². The van der Waals surface area contributed by atoms with Gasteiger partial charge in [0, 0.05) is 35.0 Å². The summed E-state index contributed by atoms with van der Waals surface area (Å²) in [5, 5.41) is 0.563. The van der Waals surface area contributed by atoms with E-state index in [0.29, 0.717) is 17.6 Å². The van der Waals surface area contributed by atoms with Crippen molar-refractivity contribution in [3.8, 4) is 22.6 Å². The second-order valence-electron chi connectivity index (χ2n) is 9.91. The summed E-state index contributed by atoms with van der Waals surface area (Å²) in [6, 6.07) is 15.4. The number of hydrogen-bond donors (Lipinski definition) is 0. The number of carbonyl (C=O) groups excluding carboxylic acids is 1. The topological polar surface area (TPSA) is 69.0 Å². The summed E-state index contributed by atoms with van der Waals surface area (Å²) in [6.45, 7) is 4.91. The molecule has 0 unspecified atom stereocenters. The molecule has 0 amide bonds. The Morgan fingerprint density at radius 2 is 1.71 bits per heavy atom. The third kappa shape index (κ3) is 6.82. The maximum absolute atomic E-state index is 13.4. The number of rotatable bonds is 8. The Hall–Kier alpha value is -3.63. The first-order valence-electron chi connectivity index (χ1n) is 13.2. The lowest BCUT2D eigenvalue weighted by Gasteiger charge is -2.16. The van der Waals surface area contributed by atoms with Gasteiger partial charge in [0.05, 0.1) is 11.1 Å². The second-order valence-corrected chi connectivity index (χ2v) is 10.8. The molecule has 0 N–H and O–H groups in total. The van der Waals surface area contributed by atoms with Crippen LogP contribution in [0.15, 0.2) is 74.3 Å². The van der Waals surface area contributed by atoms with Crippen LogP contribution < -0.4 is 15.1 Å². The molecule has 10 heteroatoms. The molecular weight excluding hydrogens is 603 g/mol. The Morgan fingerprint density at radius 1 is 1.00 bits per heavy atom. The number of ether oxygens (including phenoxy) is 2. The van der Waals surface area contributed by atoms with Gasteiger partial charge in [-0.2, -0.15) is 13.2 Å². The van der Waals surface area contributed by atoms with Crippen LogP contribution in [0, 0.1) is 0 Å². The molecule has 1 aliphatic rings. The molecule has 0 saturated carbocycles. The first kappa shape index (κ1) is 28.9. The quantitative estimate of drug-likeness (QED) is 0.116. The molecule has 4 aromatic rings. The van der Waals surface area contributed by atoms with Crippen molar-refractivity contribution in [3.63, 3.8) is 0 Å². The van der Waals surface area contributed by atoms with Crippen LogP contribution in [-0.4, -0.2) is 37.1 Å². The molecule has 0 spiro atoms. The number of likely N-dealkylation sites (tertiary alicyclic amines) is 1. The maximum Gasteiger partial charge on any atom is 0.416 e. The van der Waals surface area contributed by atoms with Crippen molar-refractivity contribution in [1.82, 2.24) is 4.90 Å². The van der Waals surface area contributed by atoms with Crippen molar-refractivity contribution < 1.29 is 31.9 Å². The average Bonchev–Trinajstić information content (AvgIpc) is 3.43. The Morgan fingerprint density at radius 3 is 2.37 bits per heavy atom. The Kier molecular flexibility index (Phi) is 8.51. The fraction of sp³-hybridized carbons (Fsp3) is 0.290. The number of halogens is 4. The van der Waals surface area contributed by atoms with Crippen LogP contribution in [0.4, 0.5) is 13.2 Å². The molecule has 2 heterocycles. The van der Waals surface area contributed by atoms with E-state index in [1.54, 1.807) is 12.1 Å². The molecular formula is C31H27BrF3NO5. The summed E-state index contributed by atoms with van der Waals surface area (Å²) in [5.74, 6) is 0.403. The van der Waals surface area contributed by atoms with E-state index in [2.05, 4.69) is 20.8 Å². The predicted molar refractivity (Wildman–Crippen MR) is 152 cm³/mol. The number of fused-ring (bicyclic) bond motifs is 1. The van der Waals surface area contributed by atoms with Crippen LogP contribution in [0.2, 0.25) is 0 Å². The number of carbonyl (C=O) groups is 1. The van der Waals surface area contributed by atoms with Gasteiger partial charge >= 0.3 is 17.8 Å². The van der Waals surface area contributed by atoms with Gasteiger partial charge < -0.3 is 13.9 Å². The summed E-state index contributed by atoms with van der Waals surface area (Å²) >= 11 is 3.23. The van der Waals surface area contributed by atoms with Crippen molar-refractivity contribution >= 4 is 32.9 Å². The summed E-state index contributed by atoms with van der Waals surface area (Å²) in [7, 11) is 0. The van der Waals surface area contributed by atoms with Crippen molar-refractivity contribution in [3.05, 3.63) is 92.2 Å². The largest absolute Gasteiger partial charge is 0.492 e. The first-order valence-corrected chi connectivity index (χ1v) is 14.0. The van der Waals surface area contributed by atoms with Crippen molar-refractivity contribution in [1.29, 1.82) is 0 Å². The highest BCUT2D eigenvalue weighted by Crippen LogP contribution is 2.38. The summed E-state index contributed by atoms with van der Waals surface area (Å²) in [5.41, 5.74) is 0.461. The van der Waals surface area contributed by atoms with Gasteiger partial charge in [-0.15, -0.1) is 0 Å². The zero-order chi connectivity index (χ0) is 29.1.